The van der Waals surface area contributed by atoms with Crippen molar-refractivity contribution in [2.24, 2.45) is 0 Å². The summed E-state index contributed by atoms with van der Waals surface area (Å²) in [6, 6.07) is 0. The Morgan fingerprint density at radius 1 is 0.354 bits per heavy atom. The number of β-amino-alcohol motifs (C(OH)–C–C–N with tert-alkyl or cyclic N) is 2. The quantitative estimate of drug-likeness (QED) is 0.0268. The first-order chi connectivity index (χ1) is 37.8. The third-order valence-electron chi connectivity index (χ3n) is 13.2. The van der Waals surface area contributed by atoms with Crippen LogP contribution >= 0.6 is 0 Å². The van der Waals surface area contributed by atoms with Gasteiger partial charge in [-0.05, 0) is 0 Å². The summed E-state index contributed by atoms with van der Waals surface area (Å²) in [5.41, 5.74) is 0. The molecule has 2 fully saturated rings. The van der Waals surface area contributed by atoms with Gasteiger partial charge in [0.05, 0.1) is 111 Å². The van der Waals surface area contributed by atoms with Crippen LogP contribution in [0.15, 0.2) is 0 Å². The van der Waals surface area contributed by atoms with Gasteiger partial charge in [-0.25, -0.2) is 4.79 Å². The number of carboxylic acid groups (broad SMARTS) is 6. The topological polar surface area (TPSA) is 352 Å². The van der Waals surface area contributed by atoms with Crippen molar-refractivity contribution < 1.29 is 98.0 Å². The van der Waals surface area contributed by atoms with Crippen molar-refractivity contribution in [1.82, 2.24) is 49.0 Å². The van der Waals surface area contributed by atoms with E-state index in [1.54, 1.807) is 38.7 Å². The molecule has 2 saturated heterocycles. The van der Waals surface area contributed by atoms with E-state index in [2.05, 4.69) is 0 Å². The zero-order valence-electron chi connectivity index (χ0n) is 46.7. The van der Waals surface area contributed by atoms with Gasteiger partial charge in [-0.1, -0.05) is 0 Å². The summed E-state index contributed by atoms with van der Waals surface area (Å²) in [6.45, 7) is 7.84. The SMILES string of the molecule is COCCOCCOCCN(CCN(CCOCCOCCOC)CC(O)CN1CCN(CC(=O)O)CCN(C(=O)O)CCN(CC(=O)O)CC1)CC(O)CN1CCN(CC(=O)O)CCN(CC(=O)O)CCN(CC(=O)O)CC1. The summed E-state index contributed by atoms with van der Waals surface area (Å²) < 4.78 is 33.1. The predicted octanol–water partition coefficient (Wildman–Crippen LogP) is -4.78. The van der Waals surface area contributed by atoms with Crippen LogP contribution in [0.2, 0.25) is 0 Å². The molecule has 0 aromatic heterocycles. The number of aliphatic hydroxyl groups is 2. The van der Waals surface area contributed by atoms with Gasteiger partial charge in [-0.15, -0.1) is 0 Å². The minimum Gasteiger partial charge on any atom is -0.480 e. The van der Waals surface area contributed by atoms with Gasteiger partial charge in [0.2, 0.25) is 0 Å². The van der Waals surface area contributed by atoms with Crippen molar-refractivity contribution in [2.75, 3.05) is 270 Å². The molecule has 2 rings (SSSR count). The summed E-state index contributed by atoms with van der Waals surface area (Å²) in [7, 11) is 3.16. The number of carboxylic acids is 5. The maximum atomic E-state index is 12.0. The van der Waals surface area contributed by atoms with E-state index in [-0.39, 0.29) is 151 Å². The molecule has 2 heterocycles. The van der Waals surface area contributed by atoms with Crippen LogP contribution in [0.25, 0.3) is 0 Å². The molecule has 0 bridgehead atoms. The smallest absolute Gasteiger partial charge is 0.407 e. The highest BCUT2D eigenvalue weighted by atomic mass is 16.5. The van der Waals surface area contributed by atoms with E-state index in [0.29, 0.717) is 105 Å². The highest BCUT2D eigenvalue weighted by molar-refractivity contribution is 5.70. The minimum absolute atomic E-state index is 0.0166. The van der Waals surface area contributed by atoms with Gasteiger partial charge >= 0.3 is 35.9 Å². The second-order valence-corrected chi connectivity index (χ2v) is 19.6. The number of amides is 1. The molecule has 0 aliphatic carbocycles. The molecule has 0 radical (unpaired) electrons. The first-order valence-electron chi connectivity index (χ1n) is 27.1. The van der Waals surface area contributed by atoms with Crippen LogP contribution in [0.3, 0.4) is 0 Å². The first-order valence-corrected chi connectivity index (χ1v) is 27.1. The molecule has 0 spiro atoms. The number of ether oxygens (including phenoxy) is 6. The van der Waals surface area contributed by atoms with E-state index in [0.717, 1.165) is 4.90 Å². The third-order valence-corrected chi connectivity index (χ3v) is 13.2. The largest absolute Gasteiger partial charge is 0.480 e. The molecule has 0 aromatic rings. The van der Waals surface area contributed by atoms with Crippen molar-refractivity contribution in [3.05, 3.63) is 0 Å². The van der Waals surface area contributed by atoms with E-state index < -0.39 is 48.1 Å². The van der Waals surface area contributed by atoms with Crippen molar-refractivity contribution in [3.63, 3.8) is 0 Å². The van der Waals surface area contributed by atoms with E-state index in [1.807, 2.05) is 19.6 Å². The first kappa shape index (κ1) is 71.0. The number of hydrogen-bond donors (Lipinski definition) is 8. The summed E-state index contributed by atoms with van der Waals surface area (Å²) in [5, 5.41) is 81.8. The lowest BCUT2D eigenvalue weighted by Crippen LogP contribution is -2.51. The minimum atomic E-state index is -1.19. The zero-order chi connectivity index (χ0) is 58.2. The average molecular weight is 1140 g/mol. The maximum Gasteiger partial charge on any atom is 0.407 e. The number of methoxy groups -OCH3 is 2. The van der Waals surface area contributed by atoms with Crippen LogP contribution in [0, 0.1) is 0 Å². The molecular formula is C49H94N10O20. The fraction of sp³-hybridized carbons (Fsp3) is 0.878. The van der Waals surface area contributed by atoms with Crippen molar-refractivity contribution in [3.8, 4) is 0 Å². The lowest BCUT2D eigenvalue weighted by molar-refractivity contribution is -0.140. The van der Waals surface area contributed by atoms with Crippen LogP contribution in [0.4, 0.5) is 4.79 Å². The summed E-state index contributed by atoms with van der Waals surface area (Å²) in [5.74, 6) is -5.30. The number of carbonyl (C=O) groups is 6. The number of aliphatic carboxylic acids is 5. The molecule has 79 heavy (non-hydrogen) atoms. The van der Waals surface area contributed by atoms with E-state index >= 15 is 0 Å². The van der Waals surface area contributed by atoms with Gasteiger partial charge in [0.15, 0.2) is 0 Å². The van der Waals surface area contributed by atoms with Crippen molar-refractivity contribution >= 4 is 35.9 Å². The van der Waals surface area contributed by atoms with Gasteiger partial charge in [-0.2, -0.15) is 0 Å². The predicted molar refractivity (Wildman–Crippen MR) is 285 cm³/mol. The van der Waals surface area contributed by atoms with Gasteiger partial charge in [0.25, 0.3) is 0 Å². The van der Waals surface area contributed by atoms with Crippen LogP contribution in [0.1, 0.15) is 0 Å². The van der Waals surface area contributed by atoms with E-state index in [1.165, 1.54) is 0 Å². The Morgan fingerprint density at radius 3 is 0.848 bits per heavy atom. The van der Waals surface area contributed by atoms with Crippen LogP contribution < -0.4 is 0 Å². The normalized spacial score (nSPS) is 18.4. The molecular weight excluding hydrogens is 1050 g/mol. The maximum absolute atomic E-state index is 12.0. The Morgan fingerprint density at radius 2 is 0.595 bits per heavy atom. The molecule has 1 amide bonds. The lowest BCUT2D eigenvalue weighted by Gasteiger charge is -2.35. The van der Waals surface area contributed by atoms with Crippen LogP contribution in [-0.2, 0) is 52.4 Å². The standard InChI is InChI=1S/C49H94N10O20/c1-74-25-27-78-31-29-76-23-21-57(35-42(60)33-50-3-7-52(37-44(62)63)11-13-54(39-46(66)67)14-12-53(8-4-50)38-45(64)65)15-16-58(22-24-77-30-32-79-28-26-75-2)36-43(61)34-51-5-9-55(40-47(68)69)17-19-59(49(72)73)20-18-56(10-6-51)41-48(70)71/h42-43,60-61H,3-41H2,1-2H3,(H,62,63)(H,64,65)(H,66,67)(H,68,69)(H,70,71)(H,72,73). The van der Waals surface area contributed by atoms with Gasteiger partial charge in [-0.3, -0.25) is 68.1 Å². The van der Waals surface area contributed by atoms with Gasteiger partial charge in [0.1, 0.15) is 0 Å². The van der Waals surface area contributed by atoms with E-state index in [9.17, 15) is 69.6 Å². The molecule has 0 saturated carbocycles. The fourth-order valence-corrected chi connectivity index (χ4v) is 8.91. The summed E-state index contributed by atoms with van der Waals surface area (Å²) in [4.78, 5) is 88.7. The Bertz CT molecular complexity index is 1620. The second-order valence-electron chi connectivity index (χ2n) is 19.6. The van der Waals surface area contributed by atoms with Gasteiger partial charge in [0, 0.05) is 171 Å². The number of hydrogen-bond acceptors (Lipinski definition) is 23. The highest BCUT2D eigenvalue weighted by Crippen LogP contribution is 2.08. The molecule has 2 aliphatic heterocycles. The highest BCUT2D eigenvalue weighted by Gasteiger charge is 2.26. The monoisotopic (exact) mass is 1140 g/mol. The average Bonchev–Trinajstić information content (AvgIpc) is 3.36. The molecule has 460 valence electrons. The lowest BCUT2D eigenvalue weighted by atomic mass is 10.2. The molecule has 30 heteroatoms. The number of aliphatic hydroxyl groups excluding tert-OH is 2. The Hall–Kier alpha value is -4.06. The Kier molecular flexibility index (Phi) is 39.2. The Balaban J connectivity index is 2.36. The fourth-order valence-electron chi connectivity index (χ4n) is 8.91. The molecule has 0 aromatic carbocycles. The molecule has 8 N–H and O–H groups in total. The summed E-state index contributed by atoms with van der Waals surface area (Å²) >= 11 is 0. The molecule has 30 nitrogen and oxygen atoms in total. The van der Waals surface area contributed by atoms with E-state index in [4.69, 9.17) is 28.4 Å². The molecule has 2 aliphatic rings. The molecule has 2 atom stereocenters. The second kappa shape index (κ2) is 43.6. The van der Waals surface area contributed by atoms with Crippen LogP contribution in [-0.4, -0.2) is 408 Å². The number of rotatable bonds is 39. The van der Waals surface area contributed by atoms with Crippen molar-refractivity contribution in [1.29, 1.82) is 0 Å². The Labute approximate surface area is 464 Å². The van der Waals surface area contributed by atoms with Crippen LogP contribution in [0.5, 0.6) is 0 Å². The molecule has 2 unspecified atom stereocenters. The van der Waals surface area contributed by atoms with Crippen molar-refractivity contribution in [2.45, 2.75) is 12.2 Å². The summed E-state index contributed by atoms with van der Waals surface area (Å²) in [6.07, 6.45) is -3.09. The number of nitrogens with zero attached hydrogens (tertiary/aromatic N) is 10. The zero-order valence-corrected chi connectivity index (χ0v) is 46.7. The van der Waals surface area contributed by atoms with Gasteiger partial charge < -0.3 is 74.2 Å². The third kappa shape index (κ3) is 37.6.